The van der Waals surface area contributed by atoms with E-state index in [9.17, 15) is 4.79 Å². The van der Waals surface area contributed by atoms with Crippen LogP contribution in [0.3, 0.4) is 0 Å². The first kappa shape index (κ1) is 14.6. The molecule has 1 fully saturated rings. The van der Waals surface area contributed by atoms with Crippen LogP contribution in [0.4, 0.5) is 0 Å². The van der Waals surface area contributed by atoms with Crippen LogP contribution in [0.25, 0.3) is 0 Å². The number of hydrogen-bond donors (Lipinski definition) is 0. The molecule has 1 amide bonds. The normalized spacial score (nSPS) is 19.5. The highest BCUT2D eigenvalue weighted by molar-refractivity contribution is 9.09. The van der Waals surface area contributed by atoms with E-state index >= 15 is 0 Å². The van der Waals surface area contributed by atoms with Crippen molar-refractivity contribution < 1.29 is 4.79 Å². The number of nitrogens with zero attached hydrogens (tertiary/aromatic N) is 1. The number of rotatable bonds is 4. The van der Waals surface area contributed by atoms with Crippen molar-refractivity contribution in [3.05, 3.63) is 35.4 Å². The lowest BCUT2D eigenvalue weighted by Crippen LogP contribution is -2.40. The second-order valence-corrected chi connectivity index (χ2v) is 6.04. The summed E-state index contributed by atoms with van der Waals surface area (Å²) in [5.41, 5.74) is 2.06. The Balaban J connectivity index is 2.10. The summed E-state index contributed by atoms with van der Waals surface area (Å²) >= 11 is 3.51. The van der Waals surface area contributed by atoms with Crippen molar-refractivity contribution in [3.8, 4) is 0 Å². The lowest BCUT2D eigenvalue weighted by Gasteiger charge is -2.33. The lowest BCUT2D eigenvalue weighted by molar-refractivity contribution is 0.0671. The van der Waals surface area contributed by atoms with Crippen LogP contribution < -0.4 is 0 Å². The van der Waals surface area contributed by atoms with Gasteiger partial charge in [0.05, 0.1) is 0 Å². The summed E-state index contributed by atoms with van der Waals surface area (Å²) in [5.74, 6) is 0.877. The zero-order valence-electron chi connectivity index (χ0n) is 11.6. The van der Waals surface area contributed by atoms with Gasteiger partial charge in [0.2, 0.25) is 0 Å². The van der Waals surface area contributed by atoms with E-state index in [0.29, 0.717) is 5.92 Å². The molecule has 1 heterocycles. The predicted octanol–water partition coefficient (Wildman–Crippen LogP) is 3.89. The Morgan fingerprint density at radius 2 is 2.21 bits per heavy atom. The number of aryl methyl sites for hydroxylation is 1. The van der Waals surface area contributed by atoms with Crippen LogP contribution >= 0.6 is 15.9 Å². The zero-order valence-corrected chi connectivity index (χ0v) is 13.2. The Morgan fingerprint density at radius 1 is 1.42 bits per heavy atom. The minimum atomic E-state index is 0.219. The third-order valence-corrected chi connectivity index (χ3v) is 4.41. The number of piperidine rings is 1. The Bertz CT molecular complexity index is 431. The topological polar surface area (TPSA) is 20.3 Å². The average molecular weight is 324 g/mol. The predicted molar refractivity (Wildman–Crippen MR) is 82.9 cm³/mol. The van der Waals surface area contributed by atoms with Crippen LogP contribution in [0.15, 0.2) is 24.3 Å². The highest BCUT2D eigenvalue weighted by Crippen LogP contribution is 2.23. The quantitative estimate of drug-likeness (QED) is 0.770. The van der Waals surface area contributed by atoms with Gasteiger partial charge in [0.25, 0.3) is 5.91 Å². The van der Waals surface area contributed by atoms with Gasteiger partial charge < -0.3 is 4.90 Å². The van der Waals surface area contributed by atoms with Gasteiger partial charge in [0.1, 0.15) is 0 Å². The van der Waals surface area contributed by atoms with Gasteiger partial charge in [-0.25, -0.2) is 0 Å². The Morgan fingerprint density at radius 3 is 2.95 bits per heavy atom. The van der Waals surface area contributed by atoms with Crippen LogP contribution in [-0.4, -0.2) is 29.2 Å². The third kappa shape index (κ3) is 3.59. The van der Waals surface area contributed by atoms with E-state index in [2.05, 4.69) is 28.9 Å². The van der Waals surface area contributed by atoms with E-state index in [4.69, 9.17) is 0 Å². The largest absolute Gasteiger partial charge is 0.338 e. The maximum absolute atomic E-state index is 12.6. The highest BCUT2D eigenvalue weighted by atomic mass is 79.9. The molecule has 1 aliphatic heterocycles. The van der Waals surface area contributed by atoms with E-state index in [-0.39, 0.29) is 5.91 Å². The number of likely N-dealkylation sites (tertiary alicyclic amines) is 1. The van der Waals surface area contributed by atoms with Crippen LogP contribution in [-0.2, 0) is 6.42 Å². The smallest absolute Gasteiger partial charge is 0.254 e. The maximum atomic E-state index is 12.6. The molecule has 2 nitrogen and oxygen atoms in total. The molecule has 0 saturated carbocycles. The fourth-order valence-electron chi connectivity index (χ4n) is 2.85. The SMILES string of the molecule is CCc1ccccc1C(=O)N1CCCC(CCBr)C1. The third-order valence-electron chi connectivity index (χ3n) is 3.95. The summed E-state index contributed by atoms with van der Waals surface area (Å²) in [7, 11) is 0. The summed E-state index contributed by atoms with van der Waals surface area (Å²) in [6.45, 7) is 3.94. The van der Waals surface area contributed by atoms with Gasteiger partial charge in [0, 0.05) is 24.0 Å². The van der Waals surface area contributed by atoms with Gasteiger partial charge in [-0.15, -0.1) is 0 Å². The van der Waals surface area contributed by atoms with E-state index in [0.717, 1.165) is 42.4 Å². The van der Waals surface area contributed by atoms with Gasteiger partial charge in [-0.3, -0.25) is 4.79 Å². The number of carbonyl (C=O) groups is 1. The van der Waals surface area contributed by atoms with E-state index in [1.165, 1.54) is 12.8 Å². The van der Waals surface area contributed by atoms with Crippen LogP contribution in [0, 0.1) is 5.92 Å². The molecule has 1 unspecified atom stereocenters. The minimum absolute atomic E-state index is 0.219. The molecule has 0 aliphatic carbocycles. The molecule has 1 aliphatic rings. The van der Waals surface area contributed by atoms with Gasteiger partial charge in [-0.1, -0.05) is 41.1 Å². The molecular formula is C16H22BrNO. The van der Waals surface area contributed by atoms with Gasteiger partial charge >= 0.3 is 0 Å². The molecule has 1 saturated heterocycles. The second-order valence-electron chi connectivity index (χ2n) is 5.25. The molecule has 2 rings (SSSR count). The van der Waals surface area contributed by atoms with Gasteiger partial charge in [0.15, 0.2) is 0 Å². The Labute approximate surface area is 124 Å². The summed E-state index contributed by atoms with van der Waals surface area (Å²) in [4.78, 5) is 14.7. The molecule has 0 aromatic heterocycles. The van der Waals surface area contributed by atoms with Crippen molar-refractivity contribution in [1.82, 2.24) is 4.90 Å². The molecule has 104 valence electrons. The first-order chi connectivity index (χ1) is 9.26. The number of benzene rings is 1. The molecule has 1 aromatic carbocycles. The monoisotopic (exact) mass is 323 g/mol. The van der Waals surface area contributed by atoms with Gasteiger partial charge in [-0.05, 0) is 43.2 Å². The van der Waals surface area contributed by atoms with Crippen LogP contribution in [0.1, 0.15) is 42.1 Å². The molecule has 0 radical (unpaired) electrons. The fraction of sp³-hybridized carbons (Fsp3) is 0.562. The molecule has 1 aromatic rings. The van der Waals surface area contributed by atoms with Gasteiger partial charge in [-0.2, -0.15) is 0 Å². The second kappa shape index (κ2) is 7.09. The van der Waals surface area contributed by atoms with E-state index < -0.39 is 0 Å². The van der Waals surface area contributed by atoms with Crippen molar-refractivity contribution in [2.45, 2.75) is 32.6 Å². The Hall–Kier alpha value is -0.830. The molecule has 0 bridgehead atoms. The van der Waals surface area contributed by atoms with Crippen molar-refractivity contribution >= 4 is 21.8 Å². The average Bonchev–Trinajstić information content (AvgIpc) is 2.47. The first-order valence-electron chi connectivity index (χ1n) is 7.19. The van der Waals surface area contributed by atoms with Crippen molar-refractivity contribution in [2.24, 2.45) is 5.92 Å². The zero-order chi connectivity index (χ0) is 13.7. The van der Waals surface area contributed by atoms with Crippen molar-refractivity contribution in [1.29, 1.82) is 0 Å². The lowest BCUT2D eigenvalue weighted by atomic mass is 9.94. The van der Waals surface area contributed by atoms with Crippen molar-refractivity contribution in [2.75, 3.05) is 18.4 Å². The summed E-state index contributed by atoms with van der Waals surface area (Å²) in [5, 5.41) is 1.03. The summed E-state index contributed by atoms with van der Waals surface area (Å²) in [6.07, 6.45) is 4.47. The molecule has 0 N–H and O–H groups in total. The minimum Gasteiger partial charge on any atom is -0.338 e. The van der Waals surface area contributed by atoms with Crippen molar-refractivity contribution in [3.63, 3.8) is 0 Å². The van der Waals surface area contributed by atoms with E-state index in [1.807, 2.05) is 23.1 Å². The van der Waals surface area contributed by atoms with Crippen LogP contribution in [0.2, 0.25) is 0 Å². The number of carbonyl (C=O) groups excluding carboxylic acids is 1. The molecule has 1 atom stereocenters. The summed E-state index contributed by atoms with van der Waals surface area (Å²) < 4.78 is 0. The van der Waals surface area contributed by atoms with E-state index in [1.54, 1.807) is 0 Å². The molecule has 19 heavy (non-hydrogen) atoms. The number of hydrogen-bond acceptors (Lipinski definition) is 1. The Kier molecular flexibility index (Phi) is 5.44. The first-order valence-corrected chi connectivity index (χ1v) is 8.31. The maximum Gasteiger partial charge on any atom is 0.254 e. The standard InChI is InChI=1S/C16H22BrNO/c1-2-14-7-3-4-8-15(14)16(19)18-11-5-6-13(12-18)9-10-17/h3-4,7-8,13H,2,5-6,9-12H2,1H3. The van der Waals surface area contributed by atoms with Crippen LogP contribution in [0.5, 0.6) is 0 Å². The number of alkyl halides is 1. The highest BCUT2D eigenvalue weighted by Gasteiger charge is 2.24. The number of halogens is 1. The molecule has 0 spiro atoms. The number of amides is 1. The summed E-state index contributed by atoms with van der Waals surface area (Å²) in [6, 6.07) is 8.01. The molecule has 3 heteroatoms. The fourth-order valence-corrected chi connectivity index (χ4v) is 3.49. The molecular weight excluding hydrogens is 302 g/mol.